The molecule has 0 aliphatic rings. The summed E-state index contributed by atoms with van der Waals surface area (Å²) in [6.07, 6.45) is 1.11. The van der Waals surface area contributed by atoms with Crippen molar-refractivity contribution in [3.8, 4) is 0 Å². The van der Waals surface area contributed by atoms with Crippen LogP contribution in [0.25, 0.3) is 0 Å². The minimum absolute atomic E-state index is 0. The predicted octanol–water partition coefficient (Wildman–Crippen LogP) is 0.889. The molecule has 106 valence electrons. The van der Waals surface area contributed by atoms with Gasteiger partial charge in [-0.15, -0.1) is 0 Å². The zero-order valence-electron chi connectivity index (χ0n) is 12.0. The van der Waals surface area contributed by atoms with Crippen molar-refractivity contribution in [1.82, 2.24) is 16.8 Å². The quantitative estimate of drug-likeness (QED) is 0.425. The highest BCUT2D eigenvalue weighted by Crippen LogP contribution is 2.14. The Hall–Kier alpha value is -0.0231. The van der Waals surface area contributed by atoms with Crippen LogP contribution >= 0.6 is 0 Å². The summed E-state index contributed by atoms with van der Waals surface area (Å²) in [5, 5.41) is 6.74. The Bertz CT molecular complexity index is 174. The molecule has 2 atom stereocenters. The maximum Gasteiger partial charge on any atom is 0.518 e. The van der Waals surface area contributed by atoms with Crippen LogP contribution in [0.5, 0.6) is 0 Å². The molecular formula is C10H29N3O3Si. The second kappa shape index (κ2) is 9.95. The highest BCUT2D eigenvalue weighted by Gasteiger charge is 2.46. The van der Waals surface area contributed by atoms with Crippen molar-refractivity contribution in [2.24, 2.45) is 0 Å². The van der Waals surface area contributed by atoms with Crippen LogP contribution in [0.15, 0.2) is 0 Å². The molecule has 0 radical (unpaired) electrons. The molecule has 6 nitrogen and oxygen atoms in total. The molecular weight excluding hydrogens is 238 g/mol. The second-order valence-corrected chi connectivity index (χ2v) is 6.75. The molecule has 0 aliphatic heterocycles. The Balaban J connectivity index is 0. The van der Waals surface area contributed by atoms with E-state index in [0.717, 1.165) is 13.0 Å². The number of rotatable bonds is 9. The highest BCUT2D eigenvalue weighted by atomic mass is 28.4. The third kappa shape index (κ3) is 5.43. The van der Waals surface area contributed by atoms with E-state index < -0.39 is 8.80 Å². The van der Waals surface area contributed by atoms with E-state index in [4.69, 9.17) is 13.3 Å². The fourth-order valence-corrected chi connectivity index (χ4v) is 4.12. The van der Waals surface area contributed by atoms with Gasteiger partial charge in [0.25, 0.3) is 0 Å². The van der Waals surface area contributed by atoms with Gasteiger partial charge in [-0.1, -0.05) is 13.8 Å². The van der Waals surface area contributed by atoms with Gasteiger partial charge in [0.05, 0.1) is 11.8 Å². The van der Waals surface area contributed by atoms with Crippen LogP contribution in [0.4, 0.5) is 0 Å². The maximum atomic E-state index is 5.47. The van der Waals surface area contributed by atoms with Gasteiger partial charge < -0.3 is 24.7 Å². The van der Waals surface area contributed by atoms with Crippen LogP contribution in [0.1, 0.15) is 27.2 Å². The van der Waals surface area contributed by atoms with Crippen molar-refractivity contribution in [2.45, 2.75) is 39.0 Å². The summed E-state index contributed by atoms with van der Waals surface area (Å²) in [6.45, 7) is 7.17. The predicted molar refractivity (Wildman–Crippen MR) is 72.2 cm³/mol. The number of hydrogen-bond acceptors (Lipinski definition) is 6. The normalized spacial score (nSPS) is 15.2. The molecule has 0 amide bonds. The lowest BCUT2D eigenvalue weighted by Crippen LogP contribution is -2.63. The molecule has 0 heterocycles. The molecule has 0 saturated heterocycles. The first-order valence-corrected chi connectivity index (χ1v) is 7.55. The van der Waals surface area contributed by atoms with E-state index in [0.29, 0.717) is 0 Å². The Morgan fingerprint density at radius 1 is 1.06 bits per heavy atom. The summed E-state index contributed by atoms with van der Waals surface area (Å²) >= 11 is 0. The first kappa shape index (κ1) is 19.3. The van der Waals surface area contributed by atoms with E-state index in [1.165, 1.54) is 0 Å². The van der Waals surface area contributed by atoms with Crippen molar-refractivity contribution in [2.75, 3.05) is 27.9 Å². The third-order valence-electron chi connectivity index (χ3n) is 2.65. The summed E-state index contributed by atoms with van der Waals surface area (Å²) in [6, 6.07) is 0. The van der Waals surface area contributed by atoms with Gasteiger partial charge in [-0.3, -0.25) is 5.32 Å². The molecule has 17 heavy (non-hydrogen) atoms. The molecule has 0 fully saturated rings. The van der Waals surface area contributed by atoms with E-state index >= 15 is 0 Å². The topological polar surface area (TPSA) is 86.8 Å². The Morgan fingerprint density at radius 2 is 1.53 bits per heavy atom. The molecule has 0 spiro atoms. The lowest BCUT2D eigenvalue weighted by Gasteiger charge is -2.34. The fraction of sp³-hybridized carbons (Fsp3) is 1.00. The van der Waals surface area contributed by atoms with Crippen molar-refractivity contribution >= 4 is 8.80 Å². The maximum absolute atomic E-state index is 5.47. The van der Waals surface area contributed by atoms with Gasteiger partial charge in [0, 0.05) is 21.3 Å². The zero-order chi connectivity index (χ0) is 12.6. The van der Waals surface area contributed by atoms with E-state index in [-0.39, 0.29) is 18.0 Å². The van der Waals surface area contributed by atoms with Crippen LogP contribution in [0, 0.1) is 0 Å². The van der Waals surface area contributed by atoms with E-state index in [1.54, 1.807) is 21.3 Å². The molecule has 0 rings (SSSR count). The van der Waals surface area contributed by atoms with Crippen LogP contribution < -0.4 is 16.8 Å². The number of nitrogens with one attached hydrogen (secondary N) is 2. The smallest absolute Gasteiger partial charge is 0.376 e. The third-order valence-corrected chi connectivity index (χ3v) is 5.79. The van der Waals surface area contributed by atoms with Crippen molar-refractivity contribution in [3.63, 3.8) is 0 Å². The average molecular weight is 267 g/mol. The summed E-state index contributed by atoms with van der Waals surface area (Å²) in [4.78, 5) is 0. The Morgan fingerprint density at radius 3 is 1.82 bits per heavy atom. The van der Waals surface area contributed by atoms with Gasteiger partial charge in [0.15, 0.2) is 0 Å². The van der Waals surface area contributed by atoms with Crippen molar-refractivity contribution < 1.29 is 13.3 Å². The van der Waals surface area contributed by atoms with Crippen LogP contribution in [-0.4, -0.2) is 48.5 Å². The van der Waals surface area contributed by atoms with Crippen LogP contribution in [0.3, 0.4) is 0 Å². The largest absolute Gasteiger partial charge is 0.518 e. The summed E-state index contributed by atoms with van der Waals surface area (Å²) < 4.78 is 16.4. The van der Waals surface area contributed by atoms with Gasteiger partial charge >= 0.3 is 8.80 Å². The molecule has 2 unspecified atom stereocenters. The average Bonchev–Trinajstić information content (AvgIpc) is 2.30. The van der Waals surface area contributed by atoms with Crippen LogP contribution in [-0.2, 0) is 13.3 Å². The standard InChI is InChI=1S/C10H26N2O3Si.H3N/c1-7-10(12-9(3)11-8-2)16(13-4,14-5)15-6;/h9-12H,7-8H2,1-6H3;1H3. The van der Waals surface area contributed by atoms with Crippen LogP contribution in [0.2, 0.25) is 0 Å². The molecule has 5 N–H and O–H groups in total. The molecule has 0 saturated carbocycles. The first-order valence-electron chi connectivity index (χ1n) is 5.75. The van der Waals surface area contributed by atoms with Crippen molar-refractivity contribution in [3.05, 3.63) is 0 Å². The first-order chi connectivity index (χ1) is 7.60. The van der Waals surface area contributed by atoms with E-state index in [9.17, 15) is 0 Å². The lowest BCUT2D eigenvalue weighted by molar-refractivity contribution is 0.103. The number of hydrogen-bond donors (Lipinski definition) is 3. The molecule has 0 aliphatic carbocycles. The second-order valence-electron chi connectivity index (χ2n) is 3.62. The molecule has 0 aromatic heterocycles. The fourth-order valence-electron chi connectivity index (χ4n) is 1.81. The highest BCUT2D eigenvalue weighted by molar-refractivity contribution is 6.62. The summed E-state index contributed by atoms with van der Waals surface area (Å²) in [5.41, 5.74) is 0.0987. The van der Waals surface area contributed by atoms with E-state index in [2.05, 4.69) is 31.4 Å². The minimum Gasteiger partial charge on any atom is -0.376 e. The minimum atomic E-state index is -2.59. The lowest BCUT2D eigenvalue weighted by atomic mass is 10.4. The van der Waals surface area contributed by atoms with Gasteiger partial charge in [0.2, 0.25) is 0 Å². The van der Waals surface area contributed by atoms with Gasteiger partial charge in [0.1, 0.15) is 0 Å². The van der Waals surface area contributed by atoms with Gasteiger partial charge in [-0.2, -0.15) is 0 Å². The van der Waals surface area contributed by atoms with Gasteiger partial charge in [-0.05, 0) is 19.9 Å². The van der Waals surface area contributed by atoms with Crippen molar-refractivity contribution in [1.29, 1.82) is 0 Å². The summed E-state index contributed by atoms with van der Waals surface area (Å²) in [5.74, 6) is 0. The SMILES string of the molecule is CCNC(C)NC(CC)[Si](OC)(OC)OC.N. The zero-order valence-corrected chi connectivity index (χ0v) is 13.0. The molecule has 7 heteroatoms. The Kier molecular flexibility index (Phi) is 11.3. The molecule has 0 bridgehead atoms. The molecule has 0 aromatic rings. The summed E-state index contributed by atoms with van der Waals surface area (Å²) in [7, 11) is 2.33. The molecule has 0 aromatic carbocycles. The Labute approximate surface area is 106 Å². The monoisotopic (exact) mass is 267 g/mol. The van der Waals surface area contributed by atoms with E-state index in [1.807, 2.05) is 0 Å². The van der Waals surface area contributed by atoms with Gasteiger partial charge in [-0.25, -0.2) is 0 Å².